The lowest BCUT2D eigenvalue weighted by Crippen LogP contribution is -2.26. The minimum absolute atomic E-state index is 0.509. The molecule has 53 heavy (non-hydrogen) atoms. The Morgan fingerprint density at radius 2 is 0.585 bits per heavy atom. The summed E-state index contributed by atoms with van der Waals surface area (Å²) in [6.07, 6.45) is 0. The Morgan fingerprint density at radius 3 is 1.04 bits per heavy atom. The first kappa shape index (κ1) is 28.9. The van der Waals surface area contributed by atoms with Crippen molar-refractivity contribution in [2.45, 2.75) is 5.41 Å². The fourth-order valence-electron chi connectivity index (χ4n) is 9.89. The number of benzene rings is 10. The first-order chi connectivity index (χ1) is 26.3. The Balaban J connectivity index is 1.24. The number of fused-ring (bicyclic) bond motifs is 14. The van der Waals surface area contributed by atoms with Gasteiger partial charge in [-0.1, -0.05) is 158 Å². The molecular formula is C53H32. The van der Waals surface area contributed by atoms with Gasteiger partial charge < -0.3 is 0 Å². The van der Waals surface area contributed by atoms with Crippen molar-refractivity contribution < 1.29 is 0 Å². The molecule has 0 atom stereocenters. The van der Waals surface area contributed by atoms with E-state index in [0.29, 0.717) is 0 Å². The second-order valence-electron chi connectivity index (χ2n) is 14.8. The predicted molar refractivity (Wildman–Crippen MR) is 224 cm³/mol. The molecular weight excluding hydrogens is 637 g/mol. The Morgan fingerprint density at radius 1 is 0.226 bits per heavy atom. The third kappa shape index (κ3) is 3.90. The van der Waals surface area contributed by atoms with Gasteiger partial charge in [-0.05, 0) is 146 Å². The van der Waals surface area contributed by atoms with Crippen LogP contribution >= 0.6 is 0 Å². The summed E-state index contributed by atoms with van der Waals surface area (Å²) in [5, 5.41) is 10.2. The van der Waals surface area contributed by atoms with Crippen LogP contribution in [0.15, 0.2) is 194 Å². The Bertz CT molecular complexity index is 2950. The van der Waals surface area contributed by atoms with Gasteiger partial charge in [0.2, 0.25) is 0 Å². The summed E-state index contributed by atoms with van der Waals surface area (Å²) in [5.41, 5.74) is 15.3. The molecule has 0 nitrogen and oxygen atoms in total. The van der Waals surface area contributed by atoms with Gasteiger partial charge in [-0.2, -0.15) is 0 Å². The molecule has 2 aliphatic carbocycles. The standard InChI is InChI=1S/C53H32/c1-3-15-37-29-51-47(27-35(37)13-1)48-28-36-14-2-4-16-38(36)30-52(48)53(51)49-31-39(43-21-9-17-33-11-5-7-19-41(33)43)23-25-45(49)46-26-24-40(32-50(46)53)44-22-10-18-34-12-6-8-20-42(34)44/h1-32H. The maximum absolute atomic E-state index is 2.53. The third-order valence-corrected chi connectivity index (χ3v) is 12.2. The molecule has 2 aliphatic rings. The van der Waals surface area contributed by atoms with Crippen LogP contribution in [0, 0.1) is 0 Å². The molecule has 12 rings (SSSR count). The largest absolute Gasteiger partial charge is 0.0726 e. The Kier molecular flexibility index (Phi) is 5.80. The van der Waals surface area contributed by atoms with E-state index in [0.717, 1.165) is 0 Å². The molecule has 0 N–H and O–H groups in total. The summed E-state index contributed by atoms with van der Waals surface area (Å²) in [6.45, 7) is 0. The summed E-state index contributed by atoms with van der Waals surface area (Å²) in [5.74, 6) is 0. The molecule has 0 heterocycles. The Hall–Kier alpha value is -6.76. The molecule has 10 aromatic rings. The van der Waals surface area contributed by atoms with Crippen LogP contribution in [-0.2, 0) is 5.41 Å². The van der Waals surface area contributed by atoms with E-state index in [-0.39, 0.29) is 0 Å². The van der Waals surface area contributed by atoms with E-state index in [9.17, 15) is 0 Å². The summed E-state index contributed by atoms with van der Waals surface area (Å²) in [7, 11) is 0. The van der Waals surface area contributed by atoms with E-state index in [4.69, 9.17) is 0 Å². The summed E-state index contributed by atoms with van der Waals surface area (Å²) < 4.78 is 0. The average molecular weight is 669 g/mol. The van der Waals surface area contributed by atoms with Gasteiger partial charge in [0.25, 0.3) is 0 Å². The highest BCUT2D eigenvalue weighted by atomic mass is 14.5. The molecule has 1 spiro atoms. The van der Waals surface area contributed by atoms with Crippen molar-refractivity contribution in [1.82, 2.24) is 0 Å². The highest BCUT2D eigenvalue weighted by molar-refractivity contribution is 6.05. The zero-order chi connectivity index (χ0) is 34.7. The normalized spacial score (nSPS) is 13.4. The fraction of sp³-hybridized carbons (Fsp3) is 0.0189. The molecule has 0 amide bonds. The van der Waals surface area contributed by atoms with Gasteiger partial charge in [0, 0.05) is 0 Å². The first-order valence-corrected chi connectivity index (χ1v) is 18.6. The van der Waals surface area contributed by atoms with Crippen molar-refractivity contribution in [1.29, 1.82) is 0 Å². The lowest BCUT2D eigenvalue weighted by Gasteiger charge is -2.31. The van der Waals surface area contributed by atoms with Crippen molar-refractivity contribution in [3.05, 3.63) is 216 Å². The SMILES string of the molecule is c1ccc2cc3c(cc2c1)-c1cc2ccccc2cc1C31c2cc(-c3cccc4ccccc34)ccc2-c2ccc(-c3cccc4ccccc34)cc21. The highest BCUT2D eigenvalue weighted by Crippen LogP contribution is 2.64. The smallest absolute Gasteiger partial charge is 0.0616 e. The first-order valence-electron chi connectivity index (χ1n) is 18.6. The average Bonchev–Trinajstić information content (AvgIpc) is 3.66. The molecule has 0 unspecified atom stereocenters. The van der Waals surface area contributed by atoms with Crippen molar-refractivity contribution in [3.8, 4) is 44.5 Å². The molecule has 244 valence electrons. The maximum atomic E-state index is 2.53. The second kappa shape index (κ2) is 10.6. The van der Waals surface area contributed by atoms with Crippen LogP contribution in [0.25, 0.3) is 87.6 Å². The molecule has 0 radical (unpaired) electrons. The molecule has 0 saturated heterocycles. The van der Waals surface area contributed by atoms with Gasteiger partial charge in [-0.15, -0.1) is 0 Å². The van der Waals surface area contributed by atoms with E-state index < -0.39 is 5.41 Å². The summed E-state index contributed by atoms with van der Waals surface area (Å²) in [6, 6.07) is 73.2. The number of rotatable bonds is 2. The number of hydrogen-bond acceptors (Lipinski definition) is 0. The molecule has 0 aromatic heterocycles. The van der Waals surface area contributed by atoms with E-state index in [1.54, 1.807) is 0 Å². The number of hydrogen-bond donors (Lipinski definition) is 0. The van der Waals surface area contributed by atoms with Crippen molar-refractivity contribution in [3.63, 3.8) is 0 Å². The van der Waals surface area contributed by atoms with Crippen LogP contribution < -0.4 is 0 Å². The zero-order valence-corrected chi connectivity index (χ0v) is 29.0. The van der Waals surface area contributed by atoms with Crippen molar-refractivity contribution in [2.24, 2.45) is 0 Å². The van der Waals surface area contributed by atoms with Crippen LogP contribution in [0.4, 0.5) is 0 Å². The van der Waals surface area contributed by atoms with E-state index >= 15 is 0 Å². The molecule has 0 heteroatoms. The monoisotopic (exact) mass is 668 g/mol. The summed E-state index contributed by atoms with van der Waals surface area (Å²) >= 11 is 0. The van der Waals surface area contributed by atoms with E-state index in [2.05, 4.69) is 194 Å². The van der Waals surface area contributed by atoms with E-state index in [1.165, 1.54) is 110 Å². The molecule has 10 aromatic carbocycles. The minimum atomic E-state index is -0.509. The summed E-state index contributed by atoms with van der Waals surface area (Å²) in [4.78, 5) is 0. The lowest BCUT2D eigenvalue weighted by molar-refractivity contribution is 0.797. The Labute approximate surface area is 308 Å². The zero-order valence-electron chi connectivity index (χ0n) is 29.0. The molecule has 0 fully saturated rings. The molecule has 0 aliphatic heterocycles. The molecule has 0 saturated carbocycles. The minimum Gasteiger partial charge on any atom is -0.0616 e. The van der Waals surface area contributed by atoms with Crippen LogP contribution in [-0.4, -0.2) is 0 Å². The van der Waals surface area contributed by atoms with Gasteiger partial charge in [0.1, 0.15) is 0 Å². The third-order valence-electron chi connectivity index (χ3n) is 12.2. The second-order valence-corrected chi connectivity index (χ2v) is 14.8. The quantitative estimate of drug-likeness (QED) is 0.172. The lowest BCUT2D eigenvalue weighted by atomic mass is 9.69. The predicted octanol–water partition coefficient (Wildman–Crippen LogP) is 14.0. The van der Waals surface area contributed by atoms with Gasteiger partial charge in [0.05, 0.1) is 5.41 Å². The van der Waals surface area contributed by atoms with Crippen molar-refractivity contribution >= 4 is 43.1 Å². The van der Waals surface area contributed by atoms with Crippen LogP contribution in [0.5, 0.6) is 0 Å². The topological polar surface area (TPSA) is 0 Å². The van der Waals surface area contributed by atoms with E-state index in [1.807, 2.05) is 0 Å². The maximum Gasteiger partial charge on any atom is 0.0726 e. The fourth-order valence-corrected chi connectivity index (χ4v) is 9.89. The van der Waals surface area contributed by atoms with Gasteiger partial charge in [0.15, 0.2) is 0 Å². The van der Waals surface area contributed by atoms with Crippen LogP contribution in [0.2, 0.25) is 0 Å². The van der Waals surface area contributed by atoms with Crippen molar-refractivity contribution in [2.75, 3.05) is 0 Å². The van der Waals surface area contributed by atoms with Gasteiger partial charge >= 0.3 is 0 Å². The van der Waals surface area contributed by atoms with Crippen LogP contribution in [0.1, 0.15) is 22.3 Å². The molecule has 0 bridgehead atoms. The van der Waals surface area contributed by atoms with Gasteiger partial charge in [-0.3, -0.25) is 0 Å². The van der Waals surface area contributed by atoms with Gasteiger partial charge in [-0.25, -0.2) is 0 Å². The van der Waals surface area contributed by atoms with Crippen LogP contribution in [0.3, 0.4) is 0 Å². The highest BCUT2D eigenvalue weighted by Gasteiger charge is 2.52.